The molecule has 1 N–H and O–H groups in total. The summed E-state index contributed by atoms with van der Waals surface area (Å²) in [5.74, 6) is -1.96. The number of benzene rings is 1. The number of hydrogen-bond donors (Lipinski definition) is 1. The Morgan fingerprint density at radius 3 is 2.78 bits per heavy atom. The zero-order valence-corrected chi connectivity index (χ0v) is 10.6. The third kappa shape index (κ3) is 2.51. The second-order valence-electron chi connectivity index (χ2n) is 3.87. The summed E-state index contributed by atoms with van der Waals surface area (Å²) in [6, 6.07) is 8.17. The van der Waals surface area contributed by atoms with E-state index in [1.165, 1.54) is 6.07 Å². The molecular weight excluding hydrogens is 253 g/mol. The lowest BCUT2D eigenvalue weighted by Gasteiger charge is -2.20. The molecule has 1 aromatic heterocycles. The Kier molecular flexibility index (Phi) is 3.62. The van der Waals surface area contributed by atoms with Crippen LogP contribution < -0.4 is 4.90 Å². The molecule has 0 aliphatic heterocycles. The number of thiophene rings is 1. The maximum absolute atomic E-state index is 13.5. The first-order valence-corrected chi connectivity index (χ1v) is 6.23. The molecule has 2 aromatic rings. The summed E-state index contributed by atoms with van der Waals surface area (Å²) in [4.78, 5) is 13.9. The largest absolute Gasteiger partial charge is 0.478 e. The Labute approximate surface area is 108 Å². The Morgan fingerprint density at radius 1 is 1.39 bits per heavy atom. The Bertz CT molecular complexity index is 554. The van der Waals surface area contributed by atoms with E-state index in [4.69, 9.17) is 5.11 Å². The summed E-state index contributed by atoms with van der Waals surface area (Å²) >= 11 is 1.58. The minimum absolute atomic E-state index is 0.281. The van der Waals surface area contributed by atoms with Crippen molar-refractivity contribution in [3.8, 4) is 0 Å². The first-order valence-electron chi connectivity index (χ1n) is 5.35. The molecule has 3 nitrogen and oxygen atoms in total. The highest BCUT2D eigenvalue weighted by atomic mass is 32.1. The number of anilines is 1. The van der Waals surface area contributed by atoms with Crippen LogP contribution in [0, 0.1) is 5.82 Å². The van der Waals surface area contributed by atoms with Gasteiger partial charge in [-0.25, -0.2) is 9.18 Å². The number of carboxylic acids is 1. The first-order chi connectivity index (χ1) is 8.59. The van der Waals surface area contributed by atoms with Crippen LogP contribution in [0.25, 0.3) is 0 Å². The van der Waals surface area contributed by atoms with E-state index in [9.17, 15) is 9.18 Å². The van der Waals surface area contributed by atoms with Gasteiger partial charge in [0.2, 0.25) is 0 Å². The van der Waals surface area contributed by atoms with E-state index >= 15 is 0 Å². The Balaban J connectivity index is 2.32. The molecule has 0 fully saturated rings. The van der Waals surface area contributed by atoms with Gasteiger partial charge < -0.3 is 10.0 Å². The lowest BCUT2D eigenvalue weighted by atomic mass is 10.1. The van der Waals surface area contributed by atoms with E-state index in [1.54, 1.807) is 29.4 Å². The standard InChI is InChI=1S/C13H12FNO2S/c1-15(8-9-4-3-7-18-9)11-6-2-5-10(14)12(11)13(16)17/h2-7H,8H2,1H3,(H,16,17). The summed E-state index contributed by atoms with van der Waals surface area (Å²) < 4.78 is 13.5. The van der Waals surface area contributed by atoms with Crippen molar-refractivity contribution in [3.05, 3.63) is 52.0 Å². The van der Waals surface area contributed by atoms with Crippen molar-refractivity contribution in [2.45, 2.75) is 6.54 Å². The minimum atomic E-state index is -1.25. The van der Waals surface area contributed by atoms with Crippen LogP contribution in [0.3, 0.4) is 0 Å². The molecule has 0 radical (unpaired) electrons. The maximum atomic E-state index is 13.5. The molecule has 0 saturated carbocycles. The van der Waals surface area contributed by atoms with Gasteiger partial charge in [0.15, 0.2) is 0 Å². The molecular formula is C13H12FNO2S. The second-order valence-corrected chi connectivity index (χ2v) is 4.91. The summed E-state index contributed by atoms with van der Waals surface area (Å²) in [6.07, 6.45) is 0. The average molecular weight is 265 g/mol. The van der Waals surface area contributed by atoms with Crippen LogP contribution in [0.4, 0.5) is 10.1 Å². The minimum Gasteiger partial charge on any atom is -0.478 e. The van der Waals surface area contributed by atoms with Crippen LogP contribution in [0.1, 0.15) is 15.2 Å². The fourth-order valence-electron chi connectivity index (χ4n) is 1.76. The summed E-state index contributed by atoms with van der Waals surface area (Å²) in [5, 5.41) is 11.0. The highest BCUT2D eigenvalue weighted by molar-refractivity contribution is 7.09. The number of nitrogens with zero attached hydrogens (tertiary/aromatic N) is 1. The van der Waals surface area contributed by atoms with Gasteiger partial charge in [-0.15, -0.1) is 11.3 Å². The molecule has 18 heavy (non-hydrogen) atoms. The molecule has 1 heterocycles. The molecule has 0 aliphatic carbocycles. The van der Waals surface area contributed by atoms with E-state index in [0.29, 0.717) is 12.2 Å². The highest BCUT2D eigenvalue weighted by Gasteiger charge is 2.18. The highest BCUT2D eigenvalue weighted by Crippen LogP contribution is 2.24. The zero-order valence-electron chi connectivity index (χ0n) is 9.76. The van der Waals surface area contributed by atoms with Gasteiger partial charge in [0.1, 0.15) is 11.4 Å². The number of carboxylic acid groups (broad SMARTS) is 1. The van der Waals surface area contributed by atoms with Crippen molar-refractivity contribution in [1.82, 2.24) is 0 Å². The SMILES string of the molecule is CN(Cc1cccs1)c1cccc(F)c1C(=O)O. The van der Waals surface area contributed by atoms with E-state index in [0.717, 1.165) is 10.9 Å². The summed E-state index contributed by atoms with van der Waals surface area (Å²) in [6.45, 7) is 0.557. The van der Waals surface area contributed by atoms with Gasteiger partial charge in [-0.2, -0.15) is 0 Å². The van der Waals surface area contributed by atoms with Gasteiger partial charge in [-0.05, 0) is 23.6 Å². The van der Waals surface area contributed by atoms with E-state index < -0.39 is 11.8 Å². The molecule has 0 spiro atoms. The molecule has 2 rings (SSSR count). The molecule has 94 valence electrons. The quantitative estimate of drug-likeness (QED) is 0.922. The van der Waals surface area contributed by atoms with Crippen LogP contribution in [-0.4, -0.2) is 18.1 Å². The van der Waals surface area contributed by atoms with Gasteiger partial charge in [-0.3, -0.25) is 0 Å². The third-order valence-electron chi connectivity index (χ3n) is 2.59. The van der Waals surface area contributed by atoms with Crippen LogP contribution in [-0.2, 0) is 6.54 Å². The van der Waals surface area contributed by atoms with E-state index in [-0.39, 0.29) is 5.56 Å². The summed E-state index contributed by atoms with van der Waals surface area (Å²) in [7, 11) is 1.75. The van der Waals surface area contributed by atoms with Crippen molar-refractivity contribution in [2.24, 2.45) is 0 Å². The van der Waals surface area contributed by atoms with Gasteiger partial charge in [-0.1, -0.05) is 12.1 Å². The van der Waals surface area contributed by atoms with E-state index in [2.05, 4.69) is 0 Å². The van der Waals surface area contributed by atoms with Crippen molar-refractivity contribution in [3.63, 3.8) is 0 Å². The van der Waals surface area contributed by atoms with Crippen LogP contribution in [0.15, 0.2) is 35.7 Å². The number of carbonyl (C=O) groups is 1. The van der Waals surface area contributed by atoms with Crippen molar-refractivity contribution < 1.29 is 14.3 Å². The van der Waals surface area contributed by atoms with Crippen molar-refractivity contribution in [1.29, 1.82) is 0 Å². The molecule has 0 bridgehead atoms. The molecule has 5 heteroatoms. The average Bonchev–Trinajstić information content (AvgIpc) is 2.80. The monoisotopic (exact) mass is 265 g/mol. The third-order valence-corrected chi connectivity index (χ3v) is 3.45. The van der Waals surface area contributed by atoms with E-state index in [1.807, 2.05) is 17.5 Å². The zero-order chi connectivity index (χ0) is 13.1. The predicted octanol–water partition coefficient (Wildman–Crippen LogP) is 3.22. The molecule has 0 amide bonds. The topological polar surface area (TPSA) is 40.5 Å². The lowest BCUT2D eigenvalue weighted by molar-refractivity contribution is 0.0692. The van der Waals surface area contributed by atoms with Crippen LogP contribution >= 0.6 is 11.3 Å². The summed E-state index contributed by atoms with van der Waals surface area (Å²) in [5.41, 5.74) is 0.104. The number of halogens is 1. The van der Waals surface area contributed by atoms with Gasteiger partial charge >= 0.3 is 5.97 Å². The molecule has 1 aromatic carbocycles. The fraction of sp³-hybridized carbons (Fsp3) is 0.154. The van der Waals surface area contributed by atoms with Gasteiger partial charge in [0, 0.05) is 11.9 Å². The van der Waals surface area contributed by atoms with Crippen molar-refractivity contribution >= 4 is 23.0 Å². The molecule has 0 aliphatic rings. The normalized spacial score (nSPS) is 10.3. The lowest BCUT2D eigenvalue weighted by Crippen LogP contribution is -2.19. The number of hydrogen-bond acceptors (Lipinski definition) is 3. The van der Waals surface area contributed by atoms with Crippen LogP contribution in [0.5, 0.6) is 0 Å². The van der Waals surface area contributed by atoms with Crippen molar-refractivity contribution in [2.75, 3.05) is 11.9 Å². The molecule has 0 unspecified atom stereocenters. The fourth-order valence-corrected chi connectivity index (χ4v) is 2.52. The molecule has 0 saturated heterocycles. The van der Waals surface area contributed by atoms with Gasteiger partial charge in [0.05, 0.1) is 12.2 Å². The Morgan fingerprint density at radius 2 is 2.17 bits per heavy atom. The predicted molar refractivity (Wildman–Crippen MR) is 69.8 cm³/mol. The Hall–Kier alpha value is -1.88. The smallest absolute Gasteiger partial charge is 0.340 e. The van der Waals surface area contributed by atoms with Gasteiger partial charge in [0.25, 0.3) is 0 Å². The van der Waals surface area contributed by atoms with Crippen LogP contribution in [0.2, 0.25) is 0 Å². The maximum Gasteiger partial charge on any atom is 0.340 e. The first kappa shape index (κ1) is 12.6. The molecule has 0 atom stereocenters. The number of rotatable bonds is 4. The number of aromatic carboxylic acids is 1. The second kappa shape index (κ2) is 5.18.